The van der Waals surface area contributed by atoms with Crippen LogP contribution in [0.15, 0.2) is 52.4 Å². The maximum atomic E-state index is 12.4. The summed E-state index contributed by atoms with van der Waals surface area (Å²) in [6.45, 7) is 1.76. The fourth-order valence-electron chi connectivity index (χ4n) is 3.13. The summed E-state index contributed by atoms with van der Waals surface area (Å²) in [6, 6.07) is 12.9. The van der Waals surface area contributed by atoms with Crippen LogP contribution in [0.5, 0.6) is 0 Å². The highest BCUT2D eigenvalue weighted by molar-refractivity contribution is 9.10. The van der Waals surface area contributed by atoms with Crippen molar-refractivity contribution >= 4 is 45.3 Å². The number of carbonyl (C=O) groups excluding carboxylic acids is 1. The molecule has 0 radical (unpaired) electrons. The molecule has 1 saturated carbocycles. The number of aromatic nitrogens is 3. The van der Waals surface area contributed by atoms with Crippen molar-refractivity contribution in [1.82, 2.24) is 14.8 Å². The molecule has 4 rings (SSSR count). The Kier molecular flexibility index (Phi) is 5.92. The number of thioether (sulfide) groups is 1. The number of rotatable bonds is 7. The molecule has 0 bridgehead atoms. The number of benzene rings is 2. The number of amides is 1. The standard InChI is InChI=1S/C21H19BrN4O3S/c1-12-10-15(19(28)29)6-9-17(12)23-18(27)11-30-21-25-24-20(22)26(21)16-7-4-14(5-8-16)13-2-3-13/h4-10,13H,2-3,11H2,1H3,(H,23,27)(H,28,29). The van der Waals surface area contributed by atoms with Gasteiger partial charge in [-0.25, -0.2) is 4.79 Å². The smallest absolute Gasteiger partial charge is 0.335 e. The van der Waals surface area contributed by atoms with Crippen LogP contribution < -0.4 is 5.32 Å². The third-order valence-electron chi connectivity index (χ3n) is 4.87. The van der Waals surface area contributed by atoms with E-state index < -0.39 is 5.97 Å². The lowest BCUT2D eigenvalue weighted by atomic mass is 10.1. The average Bonchev–Trinajstić information content (AvgIpc) is 3.51. The number of halogens is 1. The lowest BCUT2D eigenvalue weighted by Gasteiger charge is -2.10. The van der Waals surface area contributed by atoms with Crippen molar-refractivity contribution in [3.63, 3.8) is 0 Å². The van der Waals surface area contributed by atoms with Gasteiger partial charge in [-0.1, -0.05) is 23.9 Å². The number of nitrogens with one attached hydrogen (secondary N) is 1. The fraction of sp³-hybridized carbons (Fsp3) is 0.238. The number of hydrogen-bond donors (Lipinski definition) is 2. The molecule has 0 aliphatic heterocycles. The molecule has 2 aromatic carbocycles. The Labute approximate surface area is 186 Å². The van der Waals surface area contributed by atoms with Crippen LogP contribution >= 0.6 is 27.7 Å². The molecule has 1 aliphatic carbocycles. The summed E-state index contributed by atoms with van der Waals surface area (Å²) in [5.41, 5.74) is 3.74. The van der Waals surface area contributed by atoms with Crippen LogP contribution in [-0.4, -0.2) is 37.5 Å². The highest BCUT2D eigenvalue weighted by atomic mass is 79.9. The van der Waals surface area contributed by atoms with Crippen molar-refractivity contribution in [2.45, 2.75) is 30.8 Å². The number of anilines is 1. The molecule has 0 spiro atoms. The molecule has 1 fully saturated rings. The lowest BCUT2D eigenvalue weighted by molar-refractivity contribution is -0.113. The summed E-state index contributed by atoms with van der Waals surface area (Å²) in [7, 11) is 0. The Balaban J connectivity index is 1.43. The molecule has 0 atom stereocenters. The van der Waals surface area contributed by atoms with Gasteiger partial charge in [0.1, 0.15) is 0 Å². The van der Waals surface area contributed by atoms with E-state index in [9.17, 15) is 9.59 Å². The van der Waals surface area contributed by atoms with Gasteiger partial charge < -0.3 is 10.4 Å². The number of carbonyl (C=O) groups is 2. The number of aromatic carboxylic acids is 1. The normalized spacial score (nSPS) is 13.3. The average molecular weight is 487 g/mol. The Bertz CT molecular complexity index is 1110. The third-order valence-corrected chi connectivity index (χ3v) is 6.32. The Morgan fingerprint density at radius 3 is 2.57 bits per heavy atom. The van der Waals surface area contributed by atoms with Gasteiger partial charge in [-0.2, -0.15) is 0 Å². The number of aryl methyl sites for hydroxylation is 1. The SMILES string of the molecule is Cc1cc(C(=O)O)ccc1NC(=O)CSc1nnc(Br)n1-c1ccc(C2CC2)cc1. The minimum Gasteiger partial charge on any atom is -0.478 e. The zero-order chi connectivity index (χ0) is 21.3. The van der Waals surface area contributed by atoms with Crippen LogP contribution in [-0.2, 0) is 4.79 Å². The second-order valence-electron chi connectivity index (χ2n) is 7.12. The Hall–Kier alpha value is -2.65. The first-order valence-electron chi connectivity index (χ1n) is 9.40. The van der Waals surface area contributed by atoms with E-state index in [1.807, 2.05) is 16.7 Å². The number of carboxylic acid groups (broad SMARTS) is 1. The molecule has 1 aliphatic rings. The number of hydrogen-bond acceptors (Lipinski definition) is 5. The van der Waals surface area contributed by atoms with Gasteiger partial charge in [-0.05, 0) is 83.1 Å². The first-order chi connectivity index (χ1) is 14.4. The second kappa shape index (κ2) is 8.61. The summed E-state index contributed by atoms with van der Waals surface area (Å²) in [6.07, 6.45) is 2.51. The highest BCUT2D eigenvalue weighted by Crippen LogP contribution is 2.40. The van der Waals surface area contributed by atoms with E-state index in [0.717, 1.165) is 5.69 Å². The molecule has 1 aromatic heterocycles. The van der Waals surface area contributed by atoms with E-state index in [1.54, 1.807) is 13.0 Å². The first-order valence-corrected chi connectivity index (χ1v) is 11.2. The van der Waals surface area contributed by atoms with Crippen molar-refractivity contribution < 1.29 is 14.7 Å². The van der Waals surface area contributed by atoms with Crippen molar-refractivity contribution in [3.8, 4) is 5.69 Å². The fourth-order valence-corrected chi connectivity index (χ4v) is 4.45. The van der Waals surface area contributed by atoms with Crippen molar-refractivity contribution in [2.24, 2.45) is 0 Å². The van der Waals surface area contributed by atoms with Gasteiger partial charge in [0.2, 0.25) is 10.6 Å². The summed E-state index contributed by atoms with van der Waals surface area (Å²) >= 11 is 4.71. The molecular weight excluding hydrogens is 468 g/mol. The maximum Gasteiger partial charge on any atom is 0.335 e. The third kappa shape index (κ3) is 4.57. The van der Waals surface area contributed by atoms with Gasteiger partial charge in [0.25, 0.3) is 0 Å². The molecule has 2 N–H and O–H groups in total. The van der Waals surface area contributed by atoms with Crippen molar-refractivity contribution in [3.05, 3.63) is 63.9 Å². The second-order valence-corrected chi connectivity index (χ2v) is 8.78. The zero-order valence-corrected chi connectivity index (χ0v) is 18.5. The molecule has 30 heavy (non-hydrogen) atoms. The first kappa shape index (κ1) is 20.6. The monoisotopic (exact) mass is 486 g/mol. The summed E-state index contributed by atoms with van der Waals surface area (Å²) < 4.78 is 2.44. The minimum atomic E-state index is -0.999. The predicted octanol–water partition coefficient (Wildman–Crippen LogP) is 4.64. The molecule has 7 nitrogen and oxygen atoms in total. The van der Waals surface area contributed by atoms with Crippen molar-refractivity contribution in [2.75, 3.05) is 11.1 Å². The van der Waals surface area contributed by atoms with Crippen molar-refractivity contribution in [1.29, 1.82) is 0 Å². The van der Waals surface area contributed by atoms with Crippen LogP contribution in [0.1, 0.15) is 40.2 Å². The van der Waals surface area contributed by atoms with E-state index in [-0.39, 0.29) is 17.2 Å². The van der Waals surface area contributed by atoms with Crippen LogP contribution in [0.2, 0.25) is 0 Å². The van der Waals surface area contributed by atoms with E-state index >= 15 is 0 Å². The van der Waals surface area contributed by atoms with E-state index in [2.05, 4.69) is 43.6 Å². The topological polar surface area (TPSA) is 97.1 Å². The van der Waals surface area contributed by atoms with E-state index in [0.29, 0.717) is 27.1 Å². The van der Waals surface area contributed by atoms with Gasteiger partial charge in [-0.3, -0.25) is 9.36 Å². The van der Waals surface area contributed by atoms with Gasteiger partial charge in [0, 0.05) is 5.69 Å². The quantitative estimate of drug-likeness (QED) is 0.472. The molecular formula is C21H19BrN4O3S. The molecule has 9 heteroatoms. The molecule has 154 valence electrons. The molecule has 0 saturated heterocycles. The lowest BCUT2D eigenvalue weighted by Crippen LogP contribution is -2.15. The van der Waals surface area contributed by atoms with Crippen LogP contribution in [0.3, 0.4) is 0 Å². The van der Waals surface area contributed by atoms with Gasteiger partial charge in [-0.15, -0.1) is 10.2 Å². The molecule has 3 aromatic rings. The predicted molar refractivity (Wildman–Crippen MR) is 119 cm³/mol. The number of nitrogens with zero attached hydrogens (tertiary/aromatic N) is 3. The van der Waals surface area contributed by atoms with Gasteiger partial charge in [0.05, 0.1) is 17.0 Å². The summed E-state index contributed by atoms with van der Waals surface area (Å²) in [5, 5.41) is 20.7. The van der Waals surface area contributed by atoms with Gasteiger partial charge in [0.15, 0.2) is 5.16 Å². The van der Waals surface area contributed by atoms with Crippen LogP contribution in [0.4, 0.5) is 5.69 Å². The van der Waals surface area contributed by atoms with Crippen LogP contribution in [0, 0.1) is 6.92 Å². The Morgan fingerprint density at radius 2 is 1.93 bits per heavy atom. The number of carboxylic acids is 1. The Morgan fingerprint density at radius 1 is 1.20 bits per heavy atom. The summed E-state index contributed by atoms with van der Waals surface area (Å²) in [4.78, 5) is 23.5. The highest BCUT2D eigenvalue weighted by Gasteiger charge is 2.23. The van der Waals surface area contributed by atoms with Crippen LogP contribution in [0.25, 0.3) is 5.69 Å². The van der Waals surface area contributed by atoms with E-state index in [1.165, 1.54) is 42.3 Å². The molecule has 1 amide bonds. The molecule has 0 unspecified atom stereocenters. The van der Waals surface area contributed by atoms with E-state index in [4.69, 9.17) is 5.11 Å². The molecule has 1 heterocycles. The zero-order valence-electron chi connectivity index (χ0n) is 16.1. The summed E-state index contributed by atoms with van der Waals surface area (Å²) in [5.74, 6) is -0.373. The van der Waals surface area contributed by atoms with Gasteiger partial charge >= 0.3 is 5.97 Å². The minimum absolute atomic E-state index is 0.144. The largest absolute Gasteiger partial charge is 0.478 e. The maximum absolute atomic E-state index is 12.4.